The summed E-state index contributed by atoms with van der Waals surface area (Å²) >= 11 is 0. The Hall–Kier alpha value is -3.13. The molecule has 0 aliphatic heterocycles. The van der Waals surface area contributed by atoms with Gasteiger partial charge in [0.05, 0.1) is 12.1 Å². The van der Waals surface area contributed by atoms with Crippen molar-refractivity contribution < 1.29 is 22.1 Å². The van der Waals surface area contributed by atoms with E-state index in [0.29, 0.717) is 18.8 Å². The molecule has 0 unspecified atom stereocenters. The molecule has 29 heavy (non-hydrogen) atoms. The molecule has 4 aromatic rings. The molecule has 0 amide bonds. The average Bonchev–Trinajstić information content (AvgIpc) is 3.29. The minimum Gasteiger partial charge on any atom is -0.361 e. The van der Waals surface area contributed by atoms with Crippen LogP contribution in [0.2, 0.25) is 0 Å². The topological polar surface area (TPSA) is 53.9 Å². The van der Waals surface area contributed by atoms with Gasteiger partial charge in [0.1, 0.15) is 11.5 Å². The second kappa shape index (κ2) is 7.36. The van der Waals surface area contributed by atoms with Crippen LogP contribution in [0, 0.1) is 12.7 Å². The van der Waals surface area contributed by atoms with Gasteiger partial charge in [0.15, 0.2) is 5.76 Å². The van der Waals surface area contributed by atoms with Crippen LogP contribution in [0.25, 0.3) is 22.2 Å². The lowest BCUT2D eigenvalue weighted by Gasteiger charge is -2.08. The first kappa shape index (κ1) is 19.2. The molecule has 0 aliphatic carbocycles. The molecule has 0 radical (unpaired) electrons. The molecular formula is C21H17F4N3O. The fourth-order valence-corrected chi connectivity index (χ4v) is 3.19. The predicted molar refractivity (Wildman–Crippen MR) is 100 cm³/mol. The van der Waals surface area contributed by atoms with Gasteiger partial charge < -0.3 is 14.8 Å². The summed E-state index contributed by atoms with van der Waals surface area (Å²) in [5, 5.41) is 8.16. The summed E-state index contributed by atoms with van der Waals surface area (Å²) in [4.78, 5) is 3.21. The molecule has 0 bridgehead atoms. The van der Waals surface area contributed by atoms with Gasteiger partial charge in [0.25, 0.3) is 0 Å². The second-order valence-corrected chi connectivity index (χ2v) is 6.84. The highest BCUT2D eigenvalue weighted by molar-refractivity contribution is 5.83. The summed E-state index contributed by atoms with van der Waals surface area (Å²) in [7, 11) is 0. The zero-order chi connectivity index (χ0) is 20.6. The maximum Gasteiger partial charge on any atom is 0.419 e. The van der Waals surface area contributed by atoms with Gasteiger partial charge >= 0.3 is 6.18 Å². The highest BCUT2D eigenvalue weighted by atomic mass is 19.4. The molecule has 0 saturated heterocycles. The molecule has 2 aromatic carbocycles. The zero-order valence-electron chi connectivity index (χ0n) is 15.4. The minimum atomic E-state index is -4.77. The van der Waals surface area contributed by atoms with Gasteiger partial charge in [0, 0.05) is 35.3 Å². The lowest BCUT2D eigenvalue weighted by molar-refractivity contribution is -0.139. The van der Waals surface area contributed by atoms with Crippen molar-refractivity contribution in [3.63, 3.8) is 0 Å². The van der Waals surface area contributed by atoms with Crippen LogP contribution < -0.4 is 5.32 Å². The van der Waals surface area contributed by atoms with Crippen LogP contribution in [0.4, 0.5) is 17.6 Å². The Morgan fingerprint density at radius 3 is 2.69 bits per heavy atom. The van der Waals surface area contributed by atoms with Crippen LogP contribution in [-0.4, -0.2) is 10.1 Å². The molecule has 0 aliphatic rings. The van der Waals surface area contributed by atoms with Crippen LogP contribution in [-0.2, 0) is 19.3 Å². The lowest BCUT2D eigenvalue weighted by atomic mass is 10.1. The van der Waals surface area contributed by atoms with E-state index < -0.39 is 17.6 Å². The maximum atomic E-state index is 13.4. The third kappa shape index (κ3) is 4.02. The van der Waals surface area contributed by atoms with E-state index in [4.69, 9.17) is 4.52 Å². The van der Waals surface area contributed by atoms with E-state index in [0.717, 1.165) is 34.2 Å². The maximum absolute atomic E-state index is 13.4. The molecule has 8 heteroatoms. The number of benzene rings is 2. The van der Waals surface area contributed by atoms with Gasteiger partial charge in [-0.2, -0.15) is 13.2 Å². The molecule has 4 rings (SSSR count). The molecular weight excluding hydrogens is 386 g/mol. The Kier molecular flexibility index (Phi) is 4.87. The number of alkyl halides is 3. The molecule has 4 nitrogen and oxygen atoms in total. The number of aryl methyl sites for hydroxylation is 1. The summed E-state index contributed by atoms with van der Waals surface area (Å²) in [5.41, 5.74) is 2.34. The number of fused-ring (bicyclic) bond motifs is 1. The van der Waals surface area contributed by atoms with E-state index in [9.17, 15) is 17.6 Å². The normalized spacial score (nSPS) is 12.0. The molecule has 150 valence electrons. The van der Waals surface area contributed by atoms with Crippen molar-refractivity contribution in [2.24, 2.45) is 0 Å². The van der Waals surface area contributed by atoms with E-state index in [1.165, 1.54) is 6.07 Å². The summed E-state index contributed by atoms with van der Waals surface area (Å²) < 4.78 is 57.3. The van der Waals surface area contributed by atoms with Gasteiger partial charge in [-0.3, -0.25) is 0 Å². The largest absolute Gasteiger partial charge is 0.419 e. The van der Waals surface area contributed by atoms with E-state index >= 15 is 0 Å². The molecule has 0 atom stereocenters. The number of aromatic amines is 1. The first-order valence-electron chi connectivity index (χ1n) is 8.91. The fraction of sp³-hybridized carbons (Fsp3) is 0.190. The second-order valence-electron chi connectivity index (χ2n) is 6.84. The van der Waals surface area contributed by atoms with Crippen molar-refractivity contribution in [2.45, 2.75) is 26.2 Å². The fourth-order valence-electron chi connectivity index (χ4n) is 3.19. The van der Waals surface area contributed by atoms with Gasteiger partial charge in [-0.05, 0) is 42.8 Å². The summed E-state index contributed by atoms with van der Waals surface area (Å²) in [6, 6.07) is 10.5. The van der Waals surface area contributed by atoms with Gasteiger partial charge in [-0.1, -0.05) is 16.8 Å². The quantitative estimate of drug-likeness (QED) is 0.428. The van der Waals surface area contributed by atoms with Crippen molar-refractivity contribution >= 4 is 10.9 Å². The molecule has 2 heterocycles. The lowest BCUT2D eigenvalue weighted by Crippen LogP contribution is -2.11. The van der Waals surface area contributed by atoms with Crippen molar-refractivity contribution in [2.75, 3.05) is 0 Å². The molecule has 0 spiro atoms. The van der Waals surface area contributed by atoms with Crippen LogP contribution in [0.15, 0.2) is 53.2 Å². The van der Waals surface area contributed by atoms with E-state index in [1.54, 1.807) is 6.07 Å². The first-order valence-corrected chi connectivity index (χ1v) is 8.91. The Morgan fingerprint density at radius 2 is 1.90 bits per heavy atom. The van der Waals surface area contributed by atoms with Gasteiger partial charge in [0.2, 0.25) is 0 Å². The number of nitrogens with zero attached hydrogens (tertiary/aromatic N) is 1. The third-order valence-corrected chi connectivity index (χ3v) is 4.66. The van der Waals surface area contributed by atoms with Gasteiger partial charge in [-0.15, -0.1) is 0 Å². The van der Waals surface area contributed by atoms with Crippen molar-refractivity contribution in [3.8, 4) is 11.3 Å². The smallest absolute Gasteiger partial charge is 0.361 e. The highest BCUT2D eigenvalue weighted by Crippen LogP contribution is 2.34. The number of hydrogen-bond donors (Lipinski definition) is 2. The van der Waals surface area contributed by atoms with Crippen molar-refractivity contribution in [1.82, 2.24) is 15.5 Å². The molecule has 0 saturated carbocycles. The molecule has 2 N–H and O–H groups in total. The Bertz CT molecular complexity index is 1160. The number of hydrogen-bond acceptors (Lipinski definition) is 3. The van der Waals surface area contributed by atoms with Crippen LogP contribution in [0.1, 0.15) is 22.5 Å². The zero-order valence-corrected chi connectivity index (χ0v) is 15.4. The summed E-state index contributed by atoms with van der Waals surface area (Å²) in [6.45, 7) is 2.95. The molecule has 0 fully saturated rings. The Morgan fingerprint density at radius 1 is 1.07 bits per heavy atom. The Balaban J connectivity index is 1.45. The number of aromatic nitrogens is 2. The van der Waals surface area contributed by atoms with Crippen molar-refractivity contribution in [1.29, 1.82) is 0 Å². The summed E-state index contributed by atoms with van der Waals surface area (Å²) in [5.74, 6) is -0.852. The van der Waals surface area contributed by atoms with Crippen LogP contribution in [0.3, 0.4) is 0 Å². The van der Waals surface area contributed by atoms with Crippen molar-refractivity contribution in [3.05, 3.63) is 76.9 Å². The SMILES string of the molecule is Cc1ccc2[nH]cc(CNCc3cc(-c4ccc(F)c(C(F)(F)F)c4)no3)c2c1. The number of H-pyrrole nitrogens is 1. The Labute approximate surface area is 163 Å². The van der Waals surface area contributed by atoms with E-state index in [1.807, 2.05) is 25.3 Å². The van der Waals surface area contributed by atoms with Gasteiger partial charge in [-0.25, -0.2) is 4.39 Å². The minimum absolute atomic E-state index is 0.140. The monoisotopic (exact) mass is 403 g/mol. The summed E-state index contributed by atoms with van der Waals surface area (Å²) in [6.07, 6.45) is -2.84. The number of nitrogens with one attached hydrogen (secondary N) is 2. The first-order chi connectivity index (χ1) is 13.8. The molecule has 2 aromatic heterocycles. The number of rotatable bonds is 5. The third-order valence-electron chi connectivity index (χ3n) is 4.66. The standard InChI is InChI=1S/C21H17F4N3O/c1-12-2-5-19-16(6-12)14(10-27-19)9-26-11-15-8-20(28-29-15)13-3-4-18(22)17(7-13)21(23,24)25/h2-8,10,26-27H,9,11H2,1H3. The predicted octanol–water partition coefficient (Wildman–Crippen LogP) is 5.58. The average molecular weight is 403 g/mol. The van der Waals surface area contributed by atoms with Crippen LogP contribution in [0.5, 0.6) is 0 Å². The van der Waals surface area contributed by atoms with Crippen LogP contribution >= 0.6 is 0 Å². The number of halogens is 4. The highest BCUT2D eigenvalue weighted by Gasteiger charge is 2.34. The van der Waals surface area contributed by atoms with E-state index in [-0.39, 0.29) is 11.3 Å². The van der Waals surface area contributed by atoms with E-state index in [2.05, 4.69) is 21.5 Å².